The van der Waals surface area contributed by atoms with Crippen LogP contribution in [0.3, 0.4) is 0 Å². The highest BCUT2D eigenvalue weighted by Crippen LogP contribution is 2.32. The van der Waals surface area contributed by atoms with Crippen LogP contribution in [0.15, 0.2) is 59.2 Å². The third-order valence-electron chi connectivity index (χ3n) is 5.03. The van der Waals surface area contributed by atoms with Crippen LogP contribution in [-0.4, -0.2) is 27.9 Å². The Kier molecular flexibility index (Phi) is 6.54. The van der Waals surface area contributed by atoms with Crippen molar-refractivity contribution in [2.24, 2.45) is 0 Å². The van der Waals surface area contributed by atoms with E-state index >= 15 is 0 Å². The highest BCUT2D eigenvalue weighted by molar-refractivity contribution is 5.95. The van der Waals surface area contributed by atoms with Crippen molar-refractivity contribution < 1.29 is 36.0 Å². The number of amides is 2. The number of furan rings is 1. The van der Waals surface area contributed by atoms with Crippen molar-refractivity contribution in [2.45, 2.75) is 19.1 Å². The van der Waals surface area contributed by atoms with Crippen LogP contribution in [0.4, 0.5) is 27.9 Å². The quantitative estimate of drug-likeness (QED) is 0.365. The fourth-order valence-electron chi connectivity index (χ4n) is 3.37. The molecule has 0 aliphatic rings. The number of carbonyl (C=O) groups excluding carboxylic acids is 2. The zero-order valence-corrected chi connectivity index (χ0v) is 17.8. The number of halogens is 5. The molecule has 2 N–H and O–H groups in total. The summed E-state index contributed by atoms with van der Waals surface area (Å²) < 4.78 is 72.8. The molecule has 182 valence electrons. The number of fused-ring (bicyclic) bond motifs is 1. The summed E-state index contributed by atoms with van der Waals surface area (Å²) in [4.78, 5) is 28.6. The number of nitrogens with zero attached hydrogens (tertiary/aromatic N) is 2. The summed E-state index contributed by atoms with van der Waals surface area (Å²) in [7, 11) is 0. The summed E-state index contributed by atoms with van der Waals surface area (Å²) in [6.07, 6.45) is -3.38. The van der Waals surface area contributed by atoms with Crippen LogP contribution in [-0.2, 0) is 17.5 Å². The van der Waals surface area contributed by atoms with Crippen molar-refractivity contribution in [3.63, 3.8) is 0 Å². The lowest BCUT2D eigenvalue weighted by Gasteiger charge is -2.10. The van der Waals surface area contributed by atoms with E-state index < -0.39 is 35.2 Å². The number of carbonyl (C=O) groups is 2. The molecule has 7 nitrogen and oxygen atoms in total. The van der Waals surface area contributed by atoms with E-state index in [2.05, 4.69) is 15.6 Å². The normalized spacial score (nSPS) is 11.6. The van der Waals surface area contributed by atoms with Gasteiger partial charge in [-0.15, -0.1) is 0 Å². The summed E-state index contributed by atoms with van der Waals surface area (Å²) in [6, 6.07) is 8.81. The molecule has 4 rings (SSSR count). The molecule has 0 saturated carbocycles. The largest absolute Gasteiger partial charge is 0.467 e. The average molecular weight is 492 g/mol. The first kappa shape index (κ1) is 23.9. The van der Waals surface area contributed by atoms with Crippen molar-refractivity contribution in [1.29, 1.82) is 0 Å². The first-order chi connectivity index (χ1) is 16.6. The molecule has 2 amide bonds. The van der Waals surface area contributed by atoms with Crippen LogP contribution in [0.25, 0.3) is 11.0 Å². The first-order valence-electron chi connectivity index (χ1n) is 10.2. The van der Waals surface area contributed by atoms with E-state index in [1.807, 2.05) is 0 Å². The number of benzene rings is 2. The number of hydrogen-bond acceptors (Lipinski definition) is 4. The lowest BCUT2D eigenvalue weighted by molar-refractivity contribution is -0.137. The fraction of sp³-hybridized carbons (Fsp3) is 0.174. The van der Waals surface area contributed by atoms with E-state index in [9.17, 15) is 31.5 Å². The van der Waals surface area contributed by atoms with Gasteiger partial charge in [0.05, 0.1) is 35.0 Å². The van der Waals surface area contributed by atoms with Gasteiger partial charge in [0.2, 0.25) is 11.9 Å². The molecule has 0 unspecified atom stereocenters. The van der Waals surface area contributed by atoms with Gasteiger partial charge in [0, 0.05) is 19.0 Å². The first-order valence-corrected chi connectivity index (χ1v) is 10.2. The number of aromatic nitrogens is 2. The Morgan fingerprint density at radius 2 is 1.86 bits per heavy atom. The molecule has 35 heavy (non-hydrogen) atoms. The van der Waals surface area contributed by atoms with Gasteiger partial charge >= 0.3 is 6.18 Å². The highest BCUT2D eigenvalue weighted by Gasteiger charge is 2.31. The maximum Gasteiger partial charge on any atom is 0.416 e. The maximum absolute atomic E-state index is 13.7. The van der Waals surface area contributed by atoms with Gasteiger partial charge in [0.15, 0.2) is 0 Å². The number of anilines is 1. The topological polar surface area (TPSA) is 89.2 Å². The van der Waals surface area contributed by atoms with Gasteiger partial charge < -0.3 is 14.3 Å². The molecule has 0 aliphatic heterocycles. The Labute approximate surface area is 194 Å². The molecule has 0 aliphatic carbocycles. The lowest BCUT2D eigenvalue weighted by Crippen LogP contribution is -2.28. The van der Waals surface area contributed by atoms with E-state index in [-0.39, 0.29) is 36.5 Å². The third kappa shape index (κ3) is 5.48. The number of imidazole rings is 1. The van der Waals surface area contributed by atoms with Gasteiger partial charge in [-0.05, 0) is 42.5 Å². The molecule has 0 fully saturated rings. The molecule has 0 spiro atoms. The smallest absolute Gasteiger partial charge is 0.416 e. The second kappa shape index (κ2) is 9.57. The van der Waals surface area contributed by atoms with Gasteiger partial charge in [-0.3, -0.25) is 14.9 Å². The van der Waals surface area contributed by atoms with Gasteiger partial charge in [-0.2, -0.15) is 13.2 Å². The number of alkyl halides is 3. The van der Waals surface area contributed by atoms with Crippen molar-refractivity contribution in [2.75, 3.05) is 11.9 Å². The zero-order chi connectivity index (χ0) is 25.2. The molecule has 2 aromatic heterocycles. The molecule has 2 heterocycles. The highest BCUT2D eigenvalue weighted by atomic mass is 19.4. The van der Waals surface area contributed by atoms with Crippen LogP contribution >= 0.6 is 0 Å². The van der Waals surface area contributed by atoms with Crippen molar-refractivity contribution >= 4 is 28.8 Å². The molecule has 2 aromatic carbocycles. The monoisotopic (exact) mass is 492 g/mol. The minimum atomic E-state index is -4.56. The standard InChI is InChI=1S/C23H17F5N4O3/c24-14-4-5-16(17(25)11-14)21(34)29-8-7-20(33)31-22-30-18-10-13(23(26,27)28)3-6-19(18)32(22)12-15-2-1-9-35-15/h1-6,9-11H,7-8,12H2,(H,29,34)(H,30,31,33). The van der Waals surface area contributed by atoms with Crippen LogP contribution in [0, 0.1) is 11.6 Å². The Bertz CT molecular complexity index is 1380. The van der Waals surface area contributed by atoms with Crippen molar-refractivity contribution in [1.82, 2.24) is 14.9 Å². The molecular weight excluding hydrogens is 475 g/mol. The van der Waals surface area contributed by atoms with Crippen LogP contribution in [0.1, 0.15) is 28.1 Å². The molecular formula is C23H17F5N4O3. The molecule has 4 aromatic rings. The molecule has 0 atom stereocenters. The van der Waals surface area contributed by atoms with E-state index in [1.165, 1.54) is 16.9 Å². The molecule has 0 bridgehead atoms. The summed E-state index contributed by atoms with van der Waals surface area (Å²) in [6.45, 7) is -0.0941. The van der Waals surface area contributed by atoms with Gasteiger partial charge in [-0.25, -0.2) is 13.8 Å². The lowest BCUT2D eigenvalue weighted by atomic mass is 10.2. The Morgan fingerprint density at radius 1 is 1.06 bits per heavy atom. The van der Waals surface area contributed by atoms with Crippen molar-refractivity contribution in [3.05, 3.63) is 83.3 Å². The summed E-state index contributed by atoms with van der Waals surface area (Å²) >= 11 is 0. The predicted octanol–water partition coefficient (Wildman–Crippen LogP) is 4.73. The van der Waals surface area contributed by atoms with Crippen LogP contribution < -0.4 is 10.6 Å². The van der Waals surface area contributed by atoms with Gasteiger partial charge in [0.25, 0.3) is 5.91 Å². The second-order valence-electron chi connectivity index (χ2n) is 7.48. The number of hydrogen-bond donors (Lipinski definition) is 2. The summed E-state index contributed by atoms with van der Waals surface area (Å²) in [5, 5.41) is 4.87. The fourth-order valence-corrected chi connectivity index (χ4v) is 3.37. The summed E-state index contributed by atoms with van der Waals surface area (Å²) in [5.74, 6) is -2.85. The molecule has 0 radical (unpaired) electrons. The van der Waals surface area contributed by atoms with Gasteiger partial charge in [-0.1, -0.05) is 0 Å². The van der Waals surface area contributed by atoms with E-state index in [4.69, 9.17) is 4.42 Å². The minimum Gasteiger partial charge on any atom is -0.467 e. The average Bonchev–Trinajstić information content (AvgIpc) is 3.41. The van der Waals surface area contributed by atoms with Crippen molar-refractivity contribution in [3.8, 4) is 0 Å². The Hall–Kier alpha value is -4.22. The Balaban J connectivity index is 1.48. The SMILES string of the molecule is O=C(CCNC(=O)c1ccc(F)cc1F)Nc1nc2cc(C(F)(F)F)ccc2n1Cc1ccco1. The van der Waals surface area contributed by atoms with E-state index in [1.54, 1.807) is 12.1 Å². The number of rotatable bonds is 7. The predicted molar refractivity (Wildman–Crippen MR) is 114 cm³/mol. The van der Waals surface area contributed by atoms with E-state index in [0.29, 0.717) is 17.3 Å². The zero-order valence-electron chi connectivity index (χ0n) is 17.8. The van der Waals surface area contributed by atoms with Gasteiger partial charge in [0.1, 0.15) is 17.4 Å². The number of nitrogens with one attached hydrogen (secondary N) is 2. The van der Waals surface area contributed by atoms with Crippen LogP contribution in [0.2, 0.25) is 0 Å². The molecule has 12 heteroatoms. The third-order valence-corrected chi connectivity index (χ3v) is 5.03. The second-order valence-corrected chi connectivity index (χ2v) is 7.48. The minimum absolute atomic E-state index is 0.0155. The Morgan fingerprint density at radius 3 is 2.54 bits per heavy atom. The maximum atomic E-state index is 13.7. The molecule has 0 saturated heterocycles. The summed E-state index contributed by atoms with van der Waals surface area (Å²) in [5.41, 5.74) is -0.916. The van der Waals surface area contributed by atoms with E-state index in [0.717, 1.165) is 24.3 Å². The van der Waals surface area contributed by atoms with Crippen LogP contribution in [0.5, 0.6) is 0 Å².